The predicted molar refractivity (Wildman–Crippen MR) is 89.0 cm³/mol. The highest BCUT2D eigenvalue weighted by atomic mass is 16.8. The van der Waals surface area contributed by atoms with E-state index in [9.17, 15) is 9.59 Å². The summed E-state index contributed by atoms with van der Waals surface area (Å²) >= 11 is 0. The Balaban J connectivity index is 1.67. The average molecular weight is 349 g/mol. The molecule has 0 aromatic carbocycles. The Kier molecular flexibility index (Phi) is 5.03. The number of hydrogen-bond donors (Lipinski definition) is 1. The molecule has 0 radical (unpaired) electrons. The van der Waals surface area contributed by atoms with E-state index in [1.165, 1.54) is 18.9 Å². The molecule has 1 amide bonds. The lowest BCUT2D eigenvalue weighted by Gasteiger charge is -2.27. The maximum absolute atomic E-state index is 12.5. The van der Waals surface area contributed by atoms with Crippen LogP contribution < -0.4 is 10.9 Å². The molecule has 3 unspecified atom stereocenters. The van der Waals surface area contributed by atoms with E-state index in [1.54, 1.807) is 25.1 Å². The maximum atomic E-state index is 12.5. The molecule has 8 nitrogen and oxygen atoms in total. The van der Waals surface area contributed by atoms with Gasteiger partial charge in [0.2, 0.25) is 11.7 Å². The minimum absolute atomic E-state index is 0.0999. The SMILES string of the molecule is COC1C=CC(CNC(=O)C(C)n2nc3c(cc2=O)CCC3)(OC)O1. The van der Waals surface area contributed by atoms with Gasteiger partial charge in [0.1, 0.15) is 6.04 Å². The third-order valence-corrected chi connectivity index (χ3v) is 4.64. The largest absolute Gasteiger partial charge is 0.352 e. The average Bonchev–Trinajstić information content (AvgIpc) is 3.25. The van der Waals surface area contributed by atoms with Crippen LogP contribution in [0.15, 0.2) is 23.0 Å². The number of rotatable bonds is 6. The van der Waals surface area contributed by atoms with Crippen molar-refractivity contribution >= 4 is 5.91 Å². The van der Waals surface area contributed by atoms with Gasteiger partial charge in [-0.3, -0.25) is 9.59 Å². The number of methoxy groups -OCH3 is 2. The van der Waals surface area contributed by atoms with Crippen molar-refractivity contribution < 1.29 is 19.0 Å². The minimum atomic E-state index is -1.08. The summed E-state index contributed by atoms with van der Waals surface area (Å²) in [6.07, 6.45) is 5.60. The number of aromatic nitrogens is 2. The zero-order chi connectivity index (χ0) is 18.0. The molecular weight excluding hydrogens is 326 g/mol. The van der Waals surface area contributed by atoms with Crippen molar-refractivity contribution in [3.63, 3.8) is 0 Å². The normalized spacial score (nSPS) is 25.8. The van der Waals surface area contributed by atoms with Crippen LogP contribution in [0.4, 0.5) is 0 Å². The van der Waals surface area contributed by atoms with Gasteiger partial charge in [0, 0.05) is 20.3 Å². The fourth-order valence-electron chi connectivity index (χ4n) is 3.08. The number of aryl methyl sites for hydroxylation is 2. The van der Waals surface area contributed by atoms with E-state index in [0.717, 1.165) is 30.5 Å². The highest BCUT2D eigenvalue weighted by molar-refractivity contribution is 5.79. The van der Waals surface area contributed by atoms with Crippen LogP contribution >= 0.6 is 0 Å². The van der Waals surface area contributed by atoms with E-state index in [1.807, 2.05) is 0 Å². The Morgan fingerprint density at radius 1 is 1.52 bits per heavy atom. The summed E-state index contributed by atoms with van der Waals surface area (Å²) in [6.45, 7) is 1.75. The summed E-state index contributed by atoms with van der Waals surface area (Å²) in [7, 11) is 3.01. The van der Waals surface area contributed by atoms with Crippen molar-refractivity contribution in [1.82, 2.24) is 15.1 Å². The van der Waals surface area contributed by atoms with Crippen molar-refractivity contribution in [2.75, 3.05) is 20.8 Å². The van der Waals surface area contributed by atoms with Crippen molar-refractivity contribution in [2.45, 2.75) is 44.3 Å². The van der Waals surface area contributed by atoms with Gasteiger partial charge in [-0.2, -0.15) is 5.10 Å². The van der Waals surface area contributed by atoms with Gasteiger partial charge < -0.3 is 19.5 Å². The van der Waals surface area contributed by atoms with Gasteiger partial charge in [0.25, 0.3) is 5.56 Å². The molecule has 3 rings (SSSR count). The molecule has 0 spiro atoms. The first-order valence-corrected chi connectivity index (χ1v) is 8.32. The molecule has 2 aliphatic rings. The monoisotopic (exact) mass is 349 g/mol. The number of nitrogens with one attached hydrogen (secondary N) is 1. The van der Waals surface area contributed by atoms with Crippen LogP contribution in [0.1, 0.15) is 30.6 Å². The maximum Gasteiger partial charge on any atom is 0.267 e. The molecule has 0 fully saturated rings. The second-order valence-electron chi connectivity index (χ2n) is 6.24. The van der Waals surface area contributed by atoms with Gasteiger partial charge in [-0.15, -0.1) is 0 Å². The second kappa shape index (κ2) is 7.07. The Morgan fingerprint density at radius 2 is 2.32 bits per heavy atom. The van der Waals surface area contributed by atoms with E-state index in [0.29, 0.717) is 0 Å². The number of nitrogens with zero attached hydrogens (tertiary/aromatic N) is 2. The van der Waals surface area contributed by atoms with Gasteiger partial charge >= 0.3 is 0 Å². The lowest BCUT2D eigenvalue weighted by atomic mass is 10.2. The number of ether oxygens (including phenoxy) is 3. The summed E-state index contributed by atoms with van der Waals surface area (Å²) in [5, 5.41) is 7.12. The topological polar surface area (TPSA) is 91.7 Å². The predicted octanol–water partition coefficient (Wildman–Crippen LogP) is 0.311. The molecule has 1 N–H and O–H groups in total. The van der Waals surface area contributed by atoms with Gasteiger partial charge in [0.15, 0.2) is 6.29 Å². The summed E-state index contributed by atoms with van der Waals surface area (Å²) in [5.41, 5.74) is 1.63. The van der Waals surface area contributed by atoms with Crippen molar-refractivity contribution in [2.24, 2.45) is 0 Å². The molecule has 25 heavy (non-hydrogen) atoms. The second-order valence-corrected chi connectivity index (χ2v) is 6.24. The molecule has 3 atom stereocenters. The Labute approximate surface area is 145 Å². The number of amides is 1. The first-order chi connectivity index (χ1) is 12.0. The van der Waals surface area contributed by atoms with Crippen molar-refractivity contribution in [1.29, 1.82) is 0 Å². The molecule has 2 heterocycles. The first-order valence-electron chi connectivity index (χ1n) is 8.32. The Hall–Kier alpha value is -2.03. The standard InChI is InChI=1S/C17H23N3O5/c1-11(20-14(21)9-12-5-4-6-13(12)19-20)16(22)18-10-17(24-3)8-7-15(23-2)25-17/h7-9,11,15H,4-6,10H2,1-3H3,(H,18,22). The Bertz CT molecular complexity index is 744. The van der Waals surface area contributed by atoms with Gasteiger partial charge in [0.05, 0.1) is 12.2 Å². The molecular formula is C17H23N3O5. The Morgan fingerprint density at radius 3 is 3.00 bits per heavy atom. The quantitative estimate of drug-likeness (QED) is 0.743. The van der Waals surface area contributed by atoms with E-state index >= 15 is 0 Å². The molecule has 8 heteroatoms. The number of hydrogen-bond acceptors (Lipinski definition) is 6. The van der Waals surface area contributed by atoms with E-state index in [-0.39, 0.29) is 18.0 Å². The third-order valence-electron chi connectivity index (χ3n) is 4.64. The van der Waals surface area contributed by atoms with E-state index in [4.69, 9.17) is 14.2 Å². The van der Waals surface area contributed by atoms with Crippen LogP contribution in [0.2, 0.25) is 0 Å². The molecule has 0 saturated heterocycles. The highest BCUT2D eigenvalue weighted by Gasteiger charge is 2.37. The lowest BCUT2D eigenvalue weighted by molar-refractivity contribution is -0.239. The smallest absolute Gasteiger partial charge is 0.267 e. The van der Waals surface area contributed by atoms with Crippen LogP contribution in [0.3, 0.4) is 0 Å². The zero-order valence-electron chi connectivity index (χ0n) is 14.7. The summed E-state index contributed by atoms with van der Waals surface area (Å²) in [4.78, 5) is 24.7. The van der Waals surface area contributed by atoms with Gasteiger partial charge in [-0.05, 0) is 43.9 Å². The molecule has 1 aliphatic carbocycles. The molecule has 1 aromatic heterocycles. The van der Waals surface area contributed by atoms with Gasteiger partial charge in [-0.1, -0.05) is 0 Å². The fourth-order valence-corrected chi connectivity index (χ4v) is 3.08. The molecule has 0 saturated carbocycles. The molecule has 1 aromatic rings. The van der Waals surface area contributed by atoms with Crippen LogP contribution in [-0.2, 0) is 31.8 Å². The van der Waals surface area contributed by atoms with Crippen LogP contribution in [0, 0.1) is 0 Å². The fraction of sp³-hybridized carbons (Fsp3) is 0.588. The number of fused-ring (bicyclic) bond motifs is 1. The highest BCUT2D eigenvalue weighted by Crippen LogP contribution is 2.24. The van der Waals surface area contributed by atoms with E-state index < -0.39 is 18.1 Å². The summed E-state index contributed by atoms with van der Waals surface area (Å²) < 4.78 is 17.3. The zero-order valence-corrected chi connectivity index (χ0v) is 14.7. The van der Waals surface area contributed by atoms with Crippen LogP contribution in [-0.4, -0.2) is 48.5 Å². The van der Waals surface area contributed by atoms with Crippen molar-refractivity contribution in [3.8, 4) is 0 Å². The van der Waals surface area contributed by atoms with Crippen LogP contribution in [0.25, 0.3) is 0 Å². The summed E-state index contributed by atoms with van der Waals surface area (Å²) in [5.74, 6) is -1.41. The summed E-state index contributed by atoms with van der Waals surface area (Å²) in [6, 6.07) is 0.859. The molecule has 0 bridgehead atoms. The van der Waals surface area contributed by atoms with E-state index in [2.05, 4.69) is 10.4 Å². The number of carbonyl (C=O) groups is 1. The van der Waals surface area contributed by atoms with Gasteiger partial charge in [-0.25, -0.2) is 4.68 Å². The minimum Gasteiger partial charge on any atom is -0.352 e. The molecule has 136 valence electrons. The first kappa shape index (κ1) is 17.8. The lowest BCUT2D eigenvalue weighted by Crippen LogP contribution is -2.47. The molecule has 1 aliphatic heterocycles. The van der Waals surface area contributed by atoms with Crippen LogP contribution in [0.5, 0.6) is 0 Å². The third kappa shape index (κ3) is 3.51. The van der Waals surface area contributed by atoms with Crippen molar-refractivity contribution in [3.05, 3.63) is 39.8 Å². The number of carbonyl (C=O) groups excluding carboxylic acids is 1.